The zero-order valence-electron chi connectivity index (χ0n) is 16.3. The van der Waals surface area contributed by atoms with E-state index in [4.69, 9.17) is 9.47 Å². The molecule has 0 saturated heterocycles. The second-order valence-corrected chi connectivity index (χ2v) is 8.27. The molecule has 0 aromatic heterocycles. The molecule has 0 atom stereocenters. The first-order chi connectivity index (χ1) is 12.0. The van der Waals surface area contributed by atoms with Crippen LogP contribution in [0.25, 0.3) is 11.1 Å². The Labute approximate surface area is 155 Å². The molecule has 0 heterocycles. The van der Waals surface area contributed by atoms with E-state index in [2.05, 4.69) is 0 Å². The van der Waals surface area contributed by atoms with Gasteiger partial charge in [-0.05, 0) is 53.7 Å². The lowest BCUT2D eigenvalue weighted by Crippen LogP contribution is -2.26. The van der Waals surface area contributed by atoms with E-state index in [1.165, 1.54) is 0 Å². The Morgan fingerprint density at radius 1 is 0.615 bits per heavy atom. The number of esters is 2. The van der Waals surface area contributed by atoms with Gasteiger partial charge in [0.25, 0.3) is 0 Å². The maximum absolute atomic E-state index is 12.3. The van der Waals surface area contributed by atoms with Crippen LogP contribution in [0.1, 0.15) is 41.5 Å². The molecule has 4 nitrogen and oxygen atoms in total. The minimum atomic E-state index is -0.620. The maximum Gasteiger partial charge on any atom is 0.316 e. The lowest BCUT2D eigenvalue weighted by Gasteiger charge is -2.20. The third-order valence-electron chi connectivity index (χ3n) is 3.69. The summed E-state index contributed by atoms with van der Waals surface area (Å²) in [4.78, 5) is 24.6. The van der Waals surface area contributed by atoms with Gasteiger partial charge in [0, 0.05) is 11.1 Å². The maximum atomic E-state index is 12.3. The Morgan fingerprint density at radius 3 is 1.23 bits per heavy atom. The highest BCUT2D eigenvalue weighted by atomic mass is 16.5. The van der Waals surface area contributed by atoms with Crippen molar-refractivity contribution in [3.05, 3.63) is 48.5 Å². The summed E-state index contributed by atoms with van der Waals surface area (Å²) in [6, 6.07) is 14.5. The number of benzene rings is 2. The predicted molar refractivity (Wildman–Crippen MR) is 102 cm³/mol. The van der Waals surface area contributed by atoms with Gasteiger partial charge in [0.15, 0.2) is 0 Å². The summed E-state index contributed by atoms with van der Waals surface area (Å²) in [5, 5.41) is 0. The zero-order valence-corrected chi connectivity index (χ0v) is 16.3. The van der Waals surface area contributed by atoms with E-state index in [9.17, 15) is 9.59 Å². The SMILES string of the molecule is CC(C)(C)C(=O)Oc1ccccc1-c1ccccc1OC(=O)C(C)(C)C. The predicted octanol–water partition coefficient (Wildman–Crippen LogP) is 5.26. The third-order valence-corrected chi connectivity index (χ3v) is 3.69. The molecule has 0 aliphatic rings. The highest BCUT2D eigenvalue weighted by Gasteiger charge is 2.27. The van der Waals surface area contributed by atoms with Gasteiger partial charge in [-0.2, -0.15) is 0 Å². The molecule has 0 aliphatic carbocycles. The summed E-state index contributed by atoms with van der Waals surface area (Å²) in [6.45, 7) is 10.8. The monoisotopic (exact) mass is 354 g/mol. The van der Waals surface area contributed by atoms with E-state index in [0.717, 1.165) is 0 Å². The molecule has 0 spiro atoms. The third kappa shape index (κ3) is 4.72. The molecule has 4 heteroatoms. The normalized spacial score (nSPS) is 11.8. The summed E-state index contributed by atoms with van der Waals surface area (Å²) < 4.78 is 11.2. The van der Waals surface area contributed by atoms with Crippen LogP contribution in [0, 0.1) is 10.8 Å². The van der Waals surface area contributed by atoms with E-state index < -0.39 is 10.8 Å². The van der Waals surface area contributed by atoms with Gasteiger partial charge in [-0.15, -0.1) is 0 Å². The molecule has 0 N–H and O–H groups in total. The summed E-state index contributed by atoms with van der Waals surface area (Å²) in [5.74, 6) is 0.224. The fourth-order valence-electron chi connectivity index (χ4n) is 2.06. The Hall–Kier alpha value is -2.62. The van der Waals surface area contributed by atoms with Crippen molar-refractivity contribution in [2.24, 2.45) is 10.8 Å². The minimum absolute atomic E-state index is 0.325. The standard InChI is InChI=1S/C22H26O4/c1-21(2,3)19(23)25-17-13-9-7-11-15(17)16-12-8-10-14-18(16)26-20(24)22(4,5)6/h7-14H,1-6H3. The molecule has 0 unspecified atom stereocenters. The van der Waals surface area contributed by atoms with Crippen molar-refractivity contribution in [2.75, 3.05) is 0 Å². The molecular weight excluding hydrogens is 328 g/mol. The van der Waals surface area contributed by atoms with Crippen LogP contribution in [0.4, 0.5) is 0 Å². The summed E-state index contributed by atoms with van der Waals surface area (Å²) in [5.41, 5.74) is 0.154. The molecular formula is C22H26O4. The van der Waals surface area contributed by atoms with E-state index in [1.54, 1.807) is 65.8 Å². The molecule has 0 bridgehead atoms. The minimum Gasteiger partial charge on any atom is -0.425 e. The van der Waals surface area contributed by atoms with Crippen LogP contribution >= 0.6 is 0 Å². The van der Waals surface area contributed by atoms with Crippen LogP contribution in [-0.2, 0) is 9.59 Å². The molecule has 0 saturated carbocycles. The fourth-order valence-corrected chi connectivity index (χ4v) is 2.06. The number of hydrogen-bond acceptors (Lipinski definition) is 4. The van der Waals surface area contributed by atoms with Crippen molar-refractivity contribution >= 4 is 11.9 Å². The Balaban J connectivity index is 2.44. The average molecular weight is 354 g/mol. The van der Waals surface area contributed by atoms with E-state index in [-0.39, 0.29) is 11.9 Å². The molecule has 0 fully saturated rings. The first-order valence-electron chi connectivity index (χ1n) is 8.63. The first kappa shape index (κ1) is 19.7. The summed E-state index contributed by atoms with van der Waals surface area (Å²) in [6.07, 6.45) is 0. The number of rotatable bonds is 3. The molecule has 26 heavy (non-hydrogen) atoms. The van der Waals surface area contributed by atoms with E-state index in [0.29, 0.717) is 22.6 Å². The molecule has 0 aliphatic heterocycles. The van der Waals surface area contributed by atoms with Crippen LogP contribution in [0.5, 0.6) is 11.5 Å². The average Bonchev–Trinajstić information content (AvgIpc) is 2.54. The van der Waals surface area contributed by atoms with Crippen molar-refractivity contribution in [3.63, 3.8) is 0 Å². The van der Waals surface area contributed by atoms with Gasteiger partial charge >= 0.3 is 11.9 Å². The second kappa shape index (κ2) is 7.32. The quantitative estimate of drug-likeness (QED) is 0.557. The van der Waals surface area contributed by atoms with Crippen molar-refractivity contribution in [1.82, 2.24) is 0 Å². The topological polar surface area (TPSA) is 52.6 Å². The van der Waals surface area contributed by atoms with Gasteiger partial charge in [0.1, 0.15) is 11.5 Å². The summed E-state index contributed by atoms with van der Waals surface area (Å²) >= 11 is 0. The Kier molecular flexibility index (Phi) is 5.55. The van der Waals surface area contributed by atoms with Crippen molar-refractivity contribution in [2.45, 2.75) is 41.5 Å². The van der Waals surface area contributed by atoms with Crippen LogP contribution in [0.3, 0.4) is 0 Å². The Bertz CT molecular complexity index is 738. The van der Waals surface area contributed by atoms with Crippen LogP contribution in [-0.4, -0.2) is 11.9 Å². The molecule has 2 aromatic carbocycles. The number of carbonyl (C=O) groups is 2. The molecule has 0 radical (unpaired) electrons. The van der Waals surface area contributed by atoms with Crippen LogP contribution in [0.15, 0.2) is 48.5 Å². The van der Waals surface area contributed by atoms with Gasteiger partial charge in [0.05, 0.1) is 10.8 Å². The van der Waals surface area contributed by atoms with E-state index >= 15 is 0 Å². The second-order valence-electron chi connectivity index (χ2n) is 8.27. The molecule has 2 rings (SSSR count). The van der Waals surface area contributed by atoms with Gasteiger partial charge < -0.3 is 9.47 Å². The van der Waals surface area contributed by atoms with Gasteiger partial charge in [-0.3, -0.25) is 9.59 Å². The summed E-state index contributed by atoms with van der Waals surface area (Å²) in [7, 11) is 0. The number of ether oxygens (including phenoxy) is 2. The largest absolute Gasteiger partial charge is 0.425 e. The van der Waals surface area contributed by atoms with Gasteiger partial charge in [-0.1, -0.05) is 36.4 Å². The van der Waals surface area contributed by atoms with Gasteiger partial charge in [0.2, 0.25) is 0 Å². The fraction of sp³-hybridized carbons (Fsp3) is 0.364. The Morgan fingerprint density at radius 2 is 0.923 bits per heavy atom. The molecule has 0 amide bonds. The highest BCUT2D eigenvalue weighted by molar-refractivity contribution is 5.85. The van der Waals surface area contributed by atoms with Crippen LogP contribution < -0.4 is 9.47 Å². The van der Waals surface area contributed by atoms with Crippen molar-refractivity contribution < 1.29 is 19.1 Å². The van der Waals surface area contributed by atoms with Crippen LogP contribution in [0.2, 0.25) is 0 Å². The van der Waals surface area contributed by atoms with Crippen molar-refractivity contribution in [3.8, 4) is 22.6 Å². The lowest BCUT2D eigenvalue weighted by atomic mass is 9.96. The molecule has 138 valence electrons. The molecule has 2 aromatic rings. The number of carbonyl (C=O) groups excluding carboxylic acids is 2. The lowest BCUT2D eigenvalue weighted by molar-refractivity contribution is -0.143. The highest BCUT2D eigenvalue weighted by Crippen LogP contribution is 2.37. The number of hydrogen-bond donors (Lipinski definition) is 0. The van der Waals surface area contributed by atoms with E-state index in [1.807, 2.05) is 24.3 Å². The first-order valence-corrected chi connectivity index (χ1v) is 8.63. The van der Waals surface area contributed by atoms with Gasteiger partial charge in [-0.25, -0.2) is 0 Å². The number of para-hydroxylation sites is 2. The van der Waals surface area contributed by atoms with Crippen molar-refractivity contribution in [1.29, 1.82) is 0 Å². The smallest absolute Gasteiger partial charge is 0.316 e. The zero-order chi connectivity index (χ0) is 19.5.